The molecule has 0 saturated carbocycles. The van der Waals surface area contributed by atoms with E-state index in [1.54, 1.807) is 4.90 Å². The molecule has 0 unspecified atom stereocenters. The number of nitrogens with zero attached hydrogens (tertiary/aromatic N) is 3. The van der Waals surface area contributed by atoms with E-state index < -0.39 is 47.6 Å². The van der Waals surface area contributed by atoms with E-state index in [2.05, 4.69) is 10.2 Å². The smallest absolute Gasteiger partial charge is 0.451 e. The third-order valence-corrected chi connectivity index (χ3v) is 7.24. The lowest BCUT2D eigenvalue weighted by molar-refractivity contribution is 0.00132. The van der Waals surface area contributed by atoms with E-state index >= 15 is 0 Å². The highest BCUT2D eigenvalue weighted by Gasteiger charge is 2.48. The number of halogens is 2. The highest BCUT2D eigenvalue weighted by molar-refractivity contribution is 5.99. The van der Waals surface area contributed by atoms with Gasteiger partial charge in [-0.05, 0) is 18.9 Å². The summed E-state index contributed by atoms with van der Waals surface area (Å²) in [7, 11) is 0. The van der Waals surface area contributed by atoms with Crippen LogP contribution in [0.2, 0.25) is 0 Å². The fraction of sp³-hybridized carbons (Fsp3) is 0.462. The number of carbonyl (C=O) groups is 3. The summed E-state index contributed by atoms with van der Waals surface area (Å²) < 4.78 is 43.8. The SMILES string of the molecule is O=C(OCCCO)OCOc1c2n(cc(C(=O)NCc3ccc(F)cc3F)c1=O)C[C@@H]1N(C[C@H]3CCCN31)C2=O. The lowest BCUT2D eigenvalue weighted by atomic mass is 10.1. The van der Waals surface area contributed by atoms with Gasteiger partial charge in [0.25, 0.3) is 11.8 Å². The molecule has 14 heteroatoms. The lowest BCUT2D eigenvalue weighted by Gasteiger charge is -2.36. The molecule has 0 bridgehead atoms. The van der Waals surface area contributed by atoms with Crippen molar-refractivity contribution in [3.63, 3.8) is 0 Å². The van der Waals surface area contributed by atoms with Gasteiger partial charge in [0.05, 0.1) is 13.2 Å². The van der Waals surface area contributed by atoms with Crippen LogP contribution in [-0.2, 0) is 22.6 Å². The zero-order valence-corrected chi connectivity index (χ0v) is 21.4. The van der Waals surface area contributed by atoms with E-state index in [1.165, 1.54) is 16.8 Å². The van der Waals surface area contributed by atoms with Crippen LogP contribution in [0.25, 0.3) is 0 Å². The molecule has 0 radical (unpaired) electrons. The van der Waals surface area contributed by atoms with Crippen molar-refractivity contribution in [3.8, 4) is 5.75 Å². The van der Waals surface area contributed by atoms with E-state index in [0.717, 1.165) is 25.5 Å². The molecule has 0 spiro atoms. The molecule has 5 rings (SSSR count). The molecular weight excluding hydrogens is 534 g/mol. The largest absolute Gasteiger partial charge is 0.511 e. The lowest BCUT2D eigenvalue weighted by Crippen LogP contribution is -2.50. The number of rotatable bonds is 9. The number of hydrogen-bond acceptors (Lipinski definition) is 9. The molecule has 40 heavy (non-hydrogen) atoms. The summed E-state index contributed by atoms with van der Waals surface area (Å²) >= 11 is 0. The molecule has 2 aromatic rings. The van der Waals surface area contributed by atoms with Crippen molar-refractivity contribution < 1.29 is 42.5 Å². The number of aliphatic hydroxyl groups excluding tert-OH is 1. The van der Waals surface area contributed by atoms with Crippen LogP contribution in [0, 0.1) is 11.6 Å². The molecule has 2 amide bonds. The van der Waals surface area contributed by atoms with Crippen molar-refractivity contribution in [1.29, 1.82) is 0 Å². The van der Waals surface area contributed by atoms with Crippen LogP contribution in [0.3, 0.4) is 0 Å². The van der Waals surface area contributed by atoms with Crippen LogP contribution in [0.4, 0.5) is 13.6 Å². The first-order chi connectivity index (χ1) is 19.3. The van der Waals surface area contributed by atoms with Gasteiger partial charge in [-0.1, -0.05) is 6.07 Å². The van der Waals surface area contributed by atoms with Gasteiger partial charge in [0.2, 0.25) is 18.0 Å². The zero-order chi connectivity index (χ0) is 28.4. The van der Waals surface area contributed by atoms with Crippen molar-refractivity contribution in [2.45, 2.75) is 44.6 Å². The molecule has 2 N–H and O–H groups in total. The normalized spacial score (nSPS) is 19.6. The Morgan fingerprint density at radius 3 is 2.75 bits per heavy atom. The van der Waals surface area contributed by atoms with Gasteiger partial charge in [-0.2, -0.15) is 0 Å². The van der Waals surface area contributed by atoms with Crippen molar-refractivity contribution in [3.05, 3.63) is 63.1 Å². The Labute approximate surface area is 227 Å². The molecule has 1 aromatic carbocycles. The maximum Gasteiger partial charge on any atom is 0.511 e. The van der Waals surface area contributed by atoms with Gasteiger partial charge in [-0.3, -0.25) is 19.3 Å². The average molecular weight is 563 g/mol. The Balaban J connectivity index is 1.41. The second-order valence-electron chi connectivity index (χ2n) is 9.67. The van der Waals surface area contributed by atoms with Crippen molar-refractivity contribution >= 4 is 18.0 Å². The van der Waals surface area contributed by atoms with Gasteiger partial charge in [-0.25, -0.2) is 13.6 Å². The minimum Gasteiger partial charge on any atom is -0.451 e. The number of benzene rings is 1. The molecule has 2 saturated heterocycles. The Kier molecular flexibility index (Phi) is 7.98. The summed E-state index contributed by atoms with van der Waals surface area (Å²) in [6.07, 6.45) is 2.05. The molecular formula is C26H28F2N4O8. The van der Waals surface area contributed by atoms with E-state index in [-0.39, 0.29) is 61.8 Å². The predicted molar refractivity (Wildman–Crippen MR) is 132 cm³/mol. The van der Waals surface area contributed by atoms with Crippen LogP contribution in [0.5, 0.6) is 5.75 Å². The fourth-order valence-corrected chi connectivity index (χ4v) is 5.34. The van der Waals surface area contributed by atoms with Gasteiger partial charge in [0, 0.05) is 56.5 Å². The van der Waals surface area contributed by atoms with Crippen molar-refractivity contribution in [1.82, 2.24) is 19.7 Å². The first kappa shape index (κ1) is 27.5. The number of hydrogen-bond donors (Lipinski definition) is 2. The highest BCUT2D eigenvalue weighted by Crippen LogP contribution is 2.35. The number of pyridine rings is 1. The van der Waals surface area contributed by atoms with Gasteiger partial charge < -0.3 is 34.1 Å². The monoisotopic (exact) mass is 562 g/mol. The average Bonchev–Trinajstić information content (AvgIpc) is 3.52. The third kappa shape index (κ3) is 5.36. The number of amides is 2. The molecule has 2 atom stereocenters. The topological polar surface area (TPSA) is 140 Å². The zero-order valence-electron chi connectivity index (χ0n) is 21.4. The second-order valence-corrected chi connectivity index (χ2v) is 9.67. The minimum atomic E-state index is -1.11. The first-order valence-corrected chi connectivity index (χ1v) is 12.9. The van der Waals surface area contributed by atoms with Crippen LogP contribution in [-0.4, -0.2) is 82.7 Å². The Bertz CT molecular complexity index is 1380. The Hall–Kier alpha value is -4.04. The van der Waals surface area contributed by atoms with Crippen molar-refractivity contribution in [2.24, 2.45) is 0 Å². The van der Waals surface area contributed by atoms with Crippen LogP contribution in [0.15, 0.2) is 29.2 Å². The Morgan fingerprint density at radius 2 is 1.98 bits per heavy atom. The summed E-state index contributed by atoms with van der Waals surface area (Å²) in [6, 6.07) is 3.10. The maximum atomic E-state index is 14.1. The predicted octanol–water partition coefficient (Wildman–Crippen LogP) is 1.19. The van der Waals surface area contributed by atoms with Crippen LogP contribution < -0.4 is 15.5 Å². The highest BCUT2D eigenvalue weighted by atomic mass is 19.1. The summed E-state index contributed by atoms with van der Waals surface area (Å²) in [5.41, 5.74) is -1.37. The summed E-state index contributed by atoms with van der Waals surface area (Å²) in [5.74, 6) is -3.42. The molecule has 3 aliphatic heterocycles. The maximum absolute atomic E-state index is 14.1. The molecule has 2 fully saturated rings. The Morgan fingerprint density at radius 1 is 1.15 bits per heavy atom. The number of fused-ring (bicyclic) bond motifs is 4. The molecule has 214 valence electrons. The summed E-state index contributed by atoms with van der Waals surface area (Å²) in [5, 5.41) is 11.2. The number of aromatic nitrogens is 1. The quantitative estimate of drug-likeness (QED) is 0.262. The second kappa shape index (κ2) is 11.6. The number of carbonyl (C=O) groups excluding carboxylic acids is 3. The number of nitrogens with one attached hydrogen (secondary N) is 1. The van der Waals surface area contributed by atoms with E-state index in [4.69, 9.17) is 19.3 Å². The molecule has 3 aliphatic rings. The van der Waals surface area contributed by atoms with E-state index in [0.29, 0.717) is 12.6 Å². The molecule has 12 nitrogen and oxygen atoms in total. The number of ether oxygens (including phenoxy) is 3. The first-order valence-electron chi connectivity index (χ1n) is 12.9. The van der Waals surface area contributed by atoms with Gasteiger partial charge in [0.15, 0.2) is 5.69 Å². The van der Waals surface area contributed by atoms with Gasteiger partial charge in [0.1, 0.15) is 23.4 Å². The standard InChI is InChI=1S/C26H28F2N4O8/c27-16-5-4-15(19(28)9-16)10-29-24(35)18-12-30-13-20-31-6-1-3-17(31)11-32(20)25(36)21(30)23(22(18)34)39-14-40-26(37)38-8-2-7-33/h4-5,9,12,17,20,33H,1-3,6-8,10-11,13-14H2,(H,29,35)/t17-,20+/m1/s1. The third-order valence-electron chi connectivity index (χ3n) is 7.24. The molecule has 4 heterocycles. The van der Waals surface area contributed by atoms with Crippen molar-refractivity contribution in [2.75, 3.05) is 33.1 Å². The van der Waals surface area contributed by atoms with Crippen LogP contribution in [0.1, 0.15) is 45.7 Å². The van der Waals surface area contributed by atoms with E-state index in [1.807, 2.05) is 0 Å². The van der Waals surface area contributed by atoms with E-state index in [9.17, 15) is 28.0 Å². The van der Waals surface area contributed by atoms with Gasteiger partial charge in [-0.15, -0.1) is 0 Å². The minimum absolute atomic E-state index is 0.00856. The molecule has 1 aromatic heterocycles. The number of aliphatic hydroxyl groups is 1. The molecule has 0 aliphatic carbocycles. The fourth-order valence-electron chi connectivity index (χ4n) is 5.34. The van der Waals surface area contributed by atoms with Gasteiger partial charge >= 0.3 is 6.16 Å². The van der Waals surface area contributed by atoms with Crippen LogP contribution >= 0.6 is 0 Å². The summed E-state index contributed by atoms with van der Waals surface area (Å²) in [4.78, 5) is 55.7. The summed E-state index contributed by atoms with van der Waals surface area (Å²) in [6.45, 7) is 0.201.